The molecule has 2 heterocycles. The molecule has 0 spiro atoms. The lowest BCUT2D eigenvalue weighted by molar-refractivity contribution is 0.545. The molecule has 0 radical (unpaired) electrons. The van der Waals surface area contributed by atoms with E-state index in [1.807, 2.05) is 35.9 Å². The van der Waals surface area contributed by atoms with Gasteiger partial charge in [0.05, 0.1) is 17.3 Å². The molecule has 5 heteroatoms. The van der Waals surface area contributed by atoms with Crippen molar-refractivity contribution in [3.63, 3.8) is 0 Å². The number of fused-ring (bicyclic) bond motifs is 1. The Morgan fingerprint density at radius 1 is 1.29 bits per heavy atom. The predicted molar refractivity (Wildman–Crippen MR) is 83.5 cm³/mol. The van der Waals surface area contributed by atoms with E-state index in [2.05, 4.69) is 34.6 Å². The van der Waals surface area contributed by atoms with Gasteiger partial charge in [0, 0.05) is 23.8 Å². The summed E-state index contributed by atoms with van der Waals surface area (Å²) in [6.45, 7) is 4.88. The van der Waals surface area contributed by atoms with Gasteiger partial charge in [-0.15, -0.1) is 0 Å². The Labute approximate surface area is 123 Å². The van der Waals surface area contributed by atoms with Crippen LogP contribution in [0.3, 0.4) is 0 Å². The lowest BCUT2D eigenvalue weighted by atomic mass is 9.99. The molecule has 0 bridgehead atoms. The smallest absolute Gasteiger partial charge is 0.0885 e. The van der Waals surface area contributed by atoms with Crippen LogP contribution >= 0.6 is 0 Å². The van der Waals surface area contributed by atoms with Crippen molar-refractivity contribution in [2.45, 2.75) is 26.4 Å². The Hall–Kier alpha value is -2.24. The number of para-hydroxylation sites is 1. The standard InChI is InChI=1S/C16H19N5/c1-3-21-15(8-9-18-21)16(20-17)13-10-11(2)19-14-7-5-4-6-12(13)14/h4-10,16,20H,3,17H2,1-2H3. The number of nitrogens with one attached hydrogen (secondary N) is 1. The lowest BCUT2D eigenvalue weighted by Gasteiger charge is -2.20. The Kier molecular flexibility index (Phi) is 3.68. The summed E-state index contributed by atoms with van der Waals surface area (Å²) in [5.74, 6) is 5.85. The predicted octanol–water partition coefficient (Wildman–Crippen LogP) is 2.31. The van der Waals surface area contributed by atoms with Gasteiger partial charge in [-0.2, -0.15) is 5.10 Å². The molecule has 0 aliphatic carbocycles. The summed E-state index contributed by atoms with van der Waals surface area (Å²) in [4.78, 5) is 4.59. The highest BCUT2D eigenvalue weighted by atomic mass is 15.3. The van der Waals surface area contributed by atoms with Crippen molar-refractivity contribution >= 4 is 10.9 Å². The molecule has 2 aromatic heterocycles. The molecule has 3 rings (SSSR count). The van der Waals surface area contributed by atoms with Crippen molar-refractivity contribution in [3.8, 4) is 0 Å². The first-order valence-corrected chi connectivity index (χ1v) is 7.08. The molecule has 0 fully saturated rings. The molecule has 0 amide bonds. The first-order valence-electron chi connectivity index (χ1n) is 7.08. The molecule has 1 aromatic carbocycles. The number of nitrogens with two attached hydrogens (primary N) is 1. The monoisotopic (exact) mass is 281 g/mol. The highest BCUT2D eigenvalue weighted by molar-refractivity contribution is 5.83. The van der Waals surface area contributed by atoms with Crippen LogP contribution in [0.1, 0.15) is 29.9 Å². The summed E-state index contributed by atoms with van der Waals surface area (Å²) < 4.78 is 1.95. The van der Waals surface area contributed by atoms with E-state index in [9.17, 15) is 0 Å². The normalized spacial score (nSPS) is 12.7. The second-order valence-corrected chi connectivity index (χ2v) is 5.04. The number of nitrogens with zero attached hydrogens (tertiary/aromatic N) is 3. The van der Waals surface area contributed by atoms with Crippen LogP contribution in [0.2, 0.25) is 0 Å². The van der Waals surface area contributed by atoms with Gasteiger partial charge in [0.15, 0.2) is 0 Å². The van der Waals surface area contributed by atoms with E-state index in [1.165, 1.54) is 0 Å². The van der Waals surface area contributed by atoms with Gasteiger partial charge in [-0.3, -0.25) is 15.5 Å². The molecule has 3 aromatic rings. The fourth-order valence-electron chi connectivity index (χ4n) is 2.77. The maximum Gasteiger partial charge on any atom is 0.0885 e. The van der Waals surface area contributed by atoms with Gasteiger partial charge in [-0.25, -0.2) is 5.43 Å². The molecule has 0 saturated heterocycles. The maximum atomic E-state index is 5.85. The highest BCUT2D eigenvalue weighted by Gasteiger charge is 2.19. The summed E-state index contributed by atoms with van der Waals surface area (Å²) in [7, 11) is 0. The van der Waals surface area contributed by atoms with Gasteiger partial charge in [0.1, 0.15) is 0 Å². The Morgan fingerprint density at radius 2 is 2.10 bits per heavy atom. The minimum absolute atomic E-state index is 0.112. The highest BCUT2D eigenvalue weighted by Crippen LogP contribution is 2.28. The molecule has 108 valence electrons. The topological polar surface area (TPSA) is 68.8 Å². The minimum Gasteiger partial charge on any atom is -0.271 e. The van der Waals surface area contributed by atoms with Crippen LogP contribution in [0, 0.1) is 6.92 Å². The largest absolute Gasteiger partial charge is 0.271 e. The Bertz CT molecular complexity index is 762. The van der Waals surface area contributed by atoms with Gasteiger partial charge in [0.25, 0.3) is 0 Å². The molecule has 5 nitrogen and oxygen atoms in total. The molecule has 1 atom stereocenters. The van der Waals surface area contributed by atoms with E-state index in [0.717, 1.165) is 34.4 Å². The van der Waals surface area contributed by atoms with Crippen LogP contribution in [-0.2, 0) is 6.54 Å². The van der Waals surface area contributed by atoms with Crippen molar-refractivity contribution in [1.82, 2.24) is 20.2 Å². The van der Waals surface area contributed by atoms with Crippen molar-refractivity contribution in [2.24, 2.45) is 5.84 Å². The van der Waals surface area contributed by atoms with Gasteiger partial charge < -0.3 is 0 Å². The zero-order valence-corrected chi connectivity index (χ0v) is 12.2. The number of benzene rings is 1. The third-order valence-electron chi connectivity index (χ3n) is 3.70. The molecular formula is C16H19N5. The van der Waals surface area contributed by atoms with Crippen molar-refractivity contribution in [1.29, 1.82) is 0 Å². The zero-order valence-electron chi connectivity index (χ0n) is 12.2. The van der Waals surface area contributed by atoms with E-state index >= 15 is 0 Å². The van der Waals surface area contributed by atoms with Crippen LogP contribution in [0.4, 0.5) is 0 Å². The van der Waals surface area contributed by atoms with Crippen LogP contribution in [0.5, 0.6) is 0 Å². The second-order valence-electron chi connectivity index (χ2n) is 5.04. The number of aryl methyl sites for hydroxylation is 2. The summed E-state index contributed by atoms with van der Waals surface area (Å²) in [5.41, 5.74) is 7.06. The van der Waals surface area contributed by atoms with Crippen molar-refractivity contribution < 1.29 is 0 Å². The molecule has 3 N–H and O–H groups in total. The first kappa shape index (κ1) is 13.7. The zero-order chi connectivity index (χ0) is 14.8. The Morgan fingerprint density at radius 3 is 2.86 bits per heavy atom. The number of rotatable bonds is 4. The first-order chi connectivity index (χ1) is 10.2. The quantitative estimate of drug-likeness (QED) is 0.569. The summed E-state index contributed by atoms with van der Waals surface area (Å²) in [5, 5.41) is 5.44. The average Bonchev–Trinajstić information content (AvgIpc) is 2.96. The maximum absolute atomic E-state index is 5.85. The fourth-order valence-corrected chi connectivity index (χ4v) is 2.77. The van der Waals surface area contributed by atoms with E-state index in [4.69, 9.17) is 5.84 Å². The number of aromatic nitrogens is 3. The fraction of sp³-hybridized carbons (Fsp3) is 0.250. The van der Waals surface area contributed by atoms with E-state index in [1.54, 1.807) is 6.20 Å². The number of hydrogen-bond acceptors (Lipinski definition) is 4. The molecule has 21 heavy (non-hydrogen) atoms. The van der Waals surface area contributed by atoms with Crippen LogP contribution < -0.4 is 11.3 Å². The summed E-state index contributed by atoms with van der Waals surface area (Å²) in [6, 6.07) is 12.1. The minimum atomic E-state index is -0.112. The average molecular weight is 281 g/mol. The van der Waals surface area contributed by atoms with Crippen molar-refractivity contribution in [3.05, 3.63) is 59.5 Å². The third-order valence-corrected chi connectivity index (χ3v) is 3.70. The number of hydrazine groups is 1. The SMILES string of the molecule is CCn1nccc1C(NN)c1cc(C)nc2ccccc12. The van der Waals surface area contributed by atoms with Crippen LogP contribution in [0.15, 0.2) is 42.6 Å². The van der Waals surface area contributed by atoms with E-state index in [0.29, 0.717) is 0 Å². The Balaban J connectivity index is 2.22. The van der Waals surface area contributed by atoms with E-state index in [-0.39, 0.29) is 6.04 Å². The lowest BCUT2D eigenvalue weighted by Crippen LogP contribution is -2.31. The van der Waals surface area contributed by atoms with Crippen LogP contribution in [-0.4, -0.2) is 14.8 Å². The van der Waals surface area contributed by atoms with Gasteiger partial charge in [-0.1, -0.05) is 18.2 Å². The van der Waals surface area contributed by atoms with Gasteiger partial charge in [0.2, 0.25) is 0 Å². The third kappa shape index (κ3) is 2.41. The van der Waals surface area contributed by atoms with Gasteiger partial charge in [-0.05, 0) is 37.6 Å². The number of hydrogen-bond donors (Lipinski definition) is 2. The molecule has 0 aliphatic heterocycles. The summed E-state index contributed by atoms with van der Waals surface area (Å²) >= 11 is 0. The number of pyridine rings is 1. The van der Waals surface area contributed by atoms with Crippen LogP contribution in [0.25, 0.3) is 10.9 Å². The molecule has 1 unspecified atom stereocenters. The molecule has 0 saturated carbocycles. The molecular weight excluding hydrogens is 262 g/mol. The van der Waals surface area contributed by atoms with Crippen molar-refractivity contribution in [2.75, 3.05) is 0 Å². The summed E-state index contributed by atoms with van der Waals surface area (Å²) in [6.07, 6.45) is 1.80. The van der Waals surface area contributed by atoms with E-state index < -0.39 is 0 Å². The molecule has 0 aliphatic rings. The van der Waals surface area contributed by atoms with Gasteiger partial charge >= 0.3 is 0 Å². The second kappa shape index (κ2) is 5.63.